The van der Waals surface area contributed by atoms with Crippen LogP contribution in [0.25, 0.3) is 0 Å². The van der Waals surface area contributed by atoms with Gasteiger partial charge in [-0.1, -0.05) is 53.4 Å². The first-order valence-electron chi connectivity index (χ1n) is 12.2. The van der Waals surface area contributed by atoms with Crippen molar-refractivity contribution in [1.29, 1.82) is 0 Å². The minimum absolute atomic E-state index is 0.353. The molecule has 4 atom stereocenters. The quantitative estimate of drug-likeness (QED) is 0.131. The molecule has 8 nitrogen and oxygen atoms in total. The Hall–Kier alpha value is -0.320. The van der Waals surface area contributed by atoms with E-state index >= 15 is 0 Å². The van der Waals surface area contributed by atoms with Gasteiger partial charge in [-0.2, -0.15) is 19.6 Å². The summed E-state index contributed by atoms with van der Waals surface area (Å²) < 4.78 is 12.2. The molecule has 4 unspecified atom stereocenters. The van der Waals surface area contributed by atoms with Gasteiger partial charge in [0.1, 0.15) is 0 Å². The van der Waals surface area contributed by atoms with Crippen LogP contribution in [-0.2, 0) is 29.0 Å². The van der Waals surface area contributed by atoms with Crippen LogP contribution in [0.15, 0.2) is 0 Å². The summed E-state index contributed by atoms with van der Waals surface area (Å²) in [6.45, 7) is 19.0. The highest BCUT2D eigenvalue weighted by molar-refractivity contribution is 4.76. The smallest absolute Gasteiger partial charge is 0.318 e. The largest absolute Gasteiger partial charge is 0.342 e. The van der Waals surface area contributed by atoms with E-state index in [0.29, 0.717) is 25.7 Å². The van der Waals surface area contributed by atoms with Crippen LogP contribution in [0.5, 0.6) is 0 Å². The van der Waals surface area contributed by atoms with E-state index in [-0.39, 0.29) is 11.8 Å². The van der Waals surface area contributed by atoms with Gasteiger partial charge in [0.2, 0.25) is 0 Å². The van der Waals surface area contributed by atoms with Crippen LogP contribution in [0.1, 0.15) is 121 Å². The number of unbranched alkanes of at least 4 members (excludes halogenated alkanes) is 2. The van der Waals surface area contributed by atoms with Gasteiger partial charge in [-0.15, -0.1) is 0 Å². The molecule has 0 fully saturated rings. The van der Waals surface area contributed by atoms with Crippen molar-refractivity contribution in [3.05, 3.63) is 0 Å². The normalized spacial score (nSPS) is 18.8. The average Bonchev–Trinajstić information content (AvgIpc) is 2.70. The number of ether oxygens (including phenoxy) is 2. The minimum Gasteiger partial charge on any atom is -0.318 e. The molecule has 194 valence electrons. The van der Waals surface area contributed by atoms with Crippen LogP contribution in [0.3, 0.4) is 0 Å². The van der Waals surface area contributed by atoms with Gasteiger partial charge in [-0.05, 0) is 67.2 Å². The molecule has 2 N–H and O–H groups in total. The molecular formula is C24H50O8. The molecule has 0 radical (unpaired) electrons. The fourth-order valence-electron chi connectivity index (χ4n) is 3.69. The third-order valence-corrected chi connectivity index (χ3v) is 5.22. The maximum Gasteiger partial charge on any atom is 0.342 e. The highest BCUT2D eigenvalue weighted by Crippen LogP contribution is 2.41. The summed E-state index contributed by atoms with van der Waals surface area (Å²) in [5, 5.41) is 20.0. The zero-order valence-corrected chi connectivity index (χ0v) is 22.2. The van der Waals surface area contributed by atoms with Gasteiger partial charge in [-0.3, -0.25) is 0 Å². The van der Waals surface area contributed by atoms with E-state index in [1.807, 2.05) is 55.4 Å². The number of rotatable bonds is 17. The lowest BCUT2D eigenvalue weighted by Crippen LogP contribution is -2.55. The second kappa shape index (κ2) is 14.2. The summed E-state index contributed by atoms with van der Waals surface area (Å²) in [5.74, 6) is -4.58. The monoisotopic (exact) mass is 466 g/mol. The van der Waals surface area contributed by atoms with E-state index in [4.69, 9.17) is 29.0 Å². The van der Waals surface area contributed by atoms with E-state index < -0.39 is 23.1 Å². The lowest BCUT2D eigenvalue weighted by molar-refractivity contribution is -0.670. The molecule has 32 heavy (non-hydrogen) atoms. The zero-order chi connectivity index (χ0) is 25.1. The molecule has 0 bridgehead atoms. The summed E-state index contributed by atoms with van der Waals surface area (Å²) in [4.78, 5) is 21.3. The van der Waals surface area contributed by atoms with Crippen molar-refractivity contribution in [2.24, 2.45) is 11.8 Å². The van der Waals surface area contributed by atoms with Crippen molar-refractivity contribution in [3.8, 4) is 0 Å². The van der Waals surface area contributed by atoms with E-state index in [2.05, 4.69) is 13.8 Å². The lowest BCUT2D eigenvalue weighted by atomic mass is 9.95. The van der Waals surface area contributed by atoms with Crippen molar-refractivity contribution < 1.29 is 39.5 Å². The van der Waals surface area contributed by atoms with Crippen molar-refractivity contribution in [2.75, 3.05) is 0 Å². The summed E-state index contributed by atoms with van der Waals surface area (Å²) in [5.41, 5.74) is -1.46. The summed E-state index contributed by atoms with van der Waals surface area (Å²) >= 11 is 0. The fourth-order valence-corrected chi connectivity index (χ4v) is 3.69. The second-order valence-electron chi connectivity index (χ2n) is 10.5. The van der Waals surface area contributed by atoms with E-state index in [9.17, 15) is 10.5 Å². The first kappa shape index (κ1) is 31.7. The summed E-state index contributed by atoms with van der Waals surface area (Å²) in [7, 11) is 0. The van der Waals surface area contributed by atoms with Crippen LogP contribution in [0.2, 0.25) is 0 Å². The molecule has 0 aliphatic carbocycles. The predicted molar refractivity (Wildman–Crippen MR) is 123 cm³/mol. The van der Waals surface area contributed by atoms with Gasteiger partial charge < -0.3 is 9.47 Å². The van der Waals surface area contributed by atoms with Gasteiger partial charge in [0.15, 0.2) is 0 Å². The molecule has 0 aromatic carbocycles. The highest BCUT2D eigenvalue weighted by Gasteiger charge is 2.53. The third kappa shape index (κ3) is 10.3. The fraction of sp³-hybridized carbons (Fsp3) is 1.00. The van der Waals surface area contributed by atoms with E-state index in [1.54, 1.807) is 0 Å². The summed E-state index contributed by atoms with van der Waals surface area (Å²) in [6.07, 6.45) is 6.23. The van der Waals surface area contributed by atoms with Crippen molar-refractivity contribution in [1.82, 2.24) is 0 Å². The second-order valence-corrected chi connectivity index (χ2v) is 10.5. The Morgan fingerprint density at radius 1 is 0.594 bits per heavy atom. The van der Waals surface area contributed by atoms with Crippen LogP contribution in [0.4, 0.5) is 0 Å². The predicted octanol–water partition coefficient (Wildman–Crippen LogP) is 7.28. The molecule has 8 heteroatoms. The van der Waals surface area contributed by atoms with Crippen molar-refractivity contribution >= 4 is 0 Å². The van der Waals surface area contributed by atoms with Gasteiger partial charge >= 0.3 is 11.9 Å². The van der Waals surface area contributed by atoms with Crippen molar-refractivity contribution in [2.45, 2.75) is 144 Å². The van der Waals surface area contributed by atoms with E-state index in [0.717, 1.165) is 25.7 Å². The molecule has 0 rings (SSSR count). The van der Waals surface area contributed by atoms with Crippen LogP contribution < -0.4 is 0 Å². The Bertz CT molecular complexity index is 443. The Labute approximate surface area is 195 Å². The first-order chi connectivity index (χ1) is 14.8. The molecule has 0 aliphatic heterocycles. The maximum absolute atomic E-state index is 10.0. The van der Waals surface area contributed by atoms with Gasteiger partial charge in [0, 0.05) is 11.8 Å². The zero-order valence-electron chi connectivity index (χ0n) is 22.2. The topological polar surface area (TPSA) is 95.8 Å². The van der Waals surface area contributed by atoms with Gasteiger partial charge in [0.05, 0.1) is 11.2 Å². The Morgan fingerprint density at radius 2 is 0.906 bits per heavy atom. The standard InChI is InChI=1S/C24H50O8/c1-11-15-17-19(13-3)23(29-25,27-21(5,6)7)31-32-24(30-26,28-22(8,9)10)20(14-4)18-16-12-2/h19-20,25-26H,11-18H2,1-10H3. The molecular weight excluding hydrogens is 416 g/mol. The molecule has 0 spiro atoms. The third-order valence-electron chi connectivity index (χ3n) is 5.22. The molecule has 0 aliphatic rings. The summed E-state index contributed by atoms with van der Waals surface area (Å²) in [6, 6.07) is 0. The molecule has 0 amide bonds. The maximum atomic E-state index is 10.0. The van der Waals surface area contributed by atoms with Crippen molar-refractivity contribution in [3.63, 3.8) is 0 Å². The molecule has 0 aromatic heterocycles. The average molecular weight is 467 g/mol. The minimum atomic E-state index is -1.93. The molecule has 0 saturated carbocycles. The Morgan fingerprint density at radius 3 is 1.09 bits per heavy atom. The SMILES string of the molecule is CCCCC(CC)C(OO)(OOC(OO)(OC(C)(C)C)C(CC)CCCC)OC(C)(C)C. The van der Waals surface area contributed by atoms with Gasteiger partial charge in [-0.25, -0.2) is 10.5 Å². The molecule has 0 aromatic rings. The molecule has 0 heterocycles. The Kier molecular flexibility index (Phi) is 14.0. The first-order valence-corrected chi connectivity index (χ1v) is 12.2. The molecule has 0 saturated heterocycles. The Balaban J connectivity index is 6.20. The van der Waals surface area contributed by atoms with Gasteiger partial charge in [0.25, 0.3) is 0 Å². The number of hydrogen-bond acceptors (Lipinski definition) is 8. The van der Waals surface area contributed by atoms with Crippen LogP contribution in [0, 0.1) is 11.8 Å². The lowest BCUT2D eigenvalue weighted by Gasteiger charge is -2.44. The van der Waals surface area contributed by atoms with E-state index in [1.165, 1.54) is 0 Å². The highest BCUT2D eigenvalue weighted by atomic mass is 17.4. The number of hydrogen-bond donors (Lipinski definition) is 2. The van der Waals surface area contributed by atoms with Crippen LogP contribution in [-0.4, -0.2) is 33.7 Å². The van der Waals surface area contributed by atoms with Crippen LogP contribution >= 0.6 is 0 Å².